The summed E-state index contributed by atoms with van der Waals surface area (Å²) in [6.07, 6.45) is 0. The van der Waals surface area contributed by atoms with Crippen molar-refractivity contribution in [3.63, 3.8) is 0 Å². The molecule has 1 rings (SSSR count). The highest BCUT2D eigenvalue weighted by atomic mass is 16.4. The van der Waals surface area contributed by atoms with Gasteiger partial charge in [0.05, 0.1) is 0 Å². The number of hydrogen-bond acceptors (Lipinski definition) is 4. The average Bonchev–Trinajstić information content (AvgIpc) is 2.15. The van der Waals surface area contributed by atoms with Crippen LogP contribution in [0.15, 0.2) is 6.07 Å². The Balaban J connectivity index is 3.13. The van der Waals surface area contributed by atoms with Crippen LogP contribution >= 0.6 is 0 Å². The molecule has 0 aliphatic carbocycles. The molecule has 1 N–H and O–H groups in total. The molecule has 0 bridgehead atoms. The second-order valence-electron chi connectivity index (χ2n) is 3.01. The number of carboxylic acid groups (broad SMARTS) is 1. The number of carbonyl (C=O) groups is 1. The first kappa shape index (κ1) is 10.4. The Morgan fingerprint density at radius 2 is 2.21 bits per heavy atom. The van der Waals surface area contributed by atoms with Gasteiger partial charge in [-0.3, -0.25) is 0 Å². The zero-order valence-corrected chi connectivity index (χ0v) is 8.48. The van der Waals surface area contributed by atoms with Gasteiger partial charge in [-0.2, -0.15) is 0 Å². The van der Waals surface area contributed by atoms with Crippen LogP contribution in [0.25, 0.3) is 0 Å². The highest BCUT2D eigenvalue weighted by Gasteiger charge is 2.10. The number of aryl methyl sites for hydroxylation is 1. The molecule has 5 heteroatoms. The van der Waals surface area contributed by atoms with Gasteiger partial charge in [0.2, 0.25) is 5.95 Å². The lowest BCUT2D eigenvalue weighted by Crippen LogP contribution is -2.20. The molecule has 0 spiro atoms. The van der Waals surface area contributed by atoms with Gasteiger partial charge in [0, 0.05) is 19.3 Å². The molecule has 1 aromatic heterocycles. The minimum Gasteiger partial charge on any atom is -0.477 e. The first-order chi connectivity index (χ1) is 6.54. The molecule has 0 fully saturated rings. The van der Waals surface area contributed by atoms with Gasteiger partial charge >= 0.3 is 5.97 Å². The summed E-state index contributed by atoms with van der Waals surface area (Å²) in [4.78, 5) is 20.6. The summed E-state index contributed by atoms with van der Waals surface area (Å²) in [5.74, 6) is -0.578. The molecule has 14 heavy (non-hydrogen) atoms. The van der Waals surface area contributed by atoms with Crippen molar-refractivity contribution < 1.29 is 9.90 Å². The van der Waals surface area contributed by atoms with E-state index in [1.54, 1.807) is 11.8 Å². The van der Waals surface area contributed by atoms with E-state index in [4.69, 9.17) is 5.11 Å². The maximum atomic E-state index is 10.7. The lowest BCUT2D eigenvalue weighted by atomic mass is 10.3. The predicted molar refractivity (Wildman–Crippen MR) is 52.7 cm³/mol. The molecular formula is C9H13N3O2. The molecule has 76 valence electrons. The van der Waals surface area contributed by atoms with Crippen molar-refractivity contribution in [3.05, 3.63) is 17.5 Å². The van der Waals surface area contributed by atoms with Crippen molar-refractivity contribution in [1.82, 2.24) is 9.97 Å². The fourth-order valence-electron chi connectivity index (χ4n) is 0.975. The molecule has 1 heterocycles. The summed E-state index contributed by atoms with van der Waals surface area (Å²) in [5.41, 5.74) is 0.695. The van der Waals surface area contributed by atoms with Gasteiger partial charge in [0.25, 0.3) is 0 Å². The highest BCUT2D eigenvalue weighted by Crippen LogP contribution is 2.08. The maximum absolute atomic E-state index is 10.7. The van der Waals surface area contributed by atoms with E-state index in [1.165, 1.54) is 6.07 Å². The van der Waals surface area contributed by atoms with Crippen LogP contribution in [0.4, 0.5) is 5.95 Å². The lowest BCUT2D eigenvalue weighted by molar-refractivity contribution is 0.0690. The van der Waals surface area contributed by atoms with Gasteiger partial charge in [-0.25, -0.2) is 14.8 Å². The van der Waals surface area contributed by atoms with E-state index < -0.39 is 5.97 Å². The van der Waals surface area contributed by atoms with Crippen LogP contribution in [0, 0.1) is 6.92 Å². The zero-order chi connectivity index (χ0) is 10.7. The number of rotatable bonds is 3. The third-order valence-corrected chi connectivity index (χ3v) is 1.88. The number of hydrogen-bond donors (Lipinski definition) is 1. The quantitative estimate of drug-likeness (QED) is 0.777. The summed E-state index contributed by atoms with van der Waals surface area (Å²) in [5, 5.41) is 8.78. The molecule has 0 unspecified atom stereocenters. The minimum atomic E-state index is -1.03. The largest absolute Gasteiger partial charge is 0.477 e. The number of anilines is 1. The van der Waals surface area contributed by atoms with Gasteiger partial charge in [-0.15, -0.1) is 0 Å². The second-order valence-corrected chi connectivity index (χ2v) is 3.01. The van der Waals surface area contributed by atoms with Crippen molar-refractivity contribution in [1.29, 1.82) is 0 Å². The van der Waals surface area contributed by atoms with E-state index in [9.17, 15) is 4.79 Å². The number of nitrogens with zero attached hydrogens (tertiary/aromatic N) is 3. The van der Waals surface area contributed by atoms with E-state index in [2.05, 4.69) is 9.97 Å². The van der Waals surface area contributed by atoms with Gasteiger partial charge < -0.3 is 10.0 Å². The molecule has 5 nitrogen and oxygen atoms in total. The van der Waals surface area contributed by atoms with Crippen molar-refractivity contribution in [3.8, 4) is 0 Å². The summed E-state index contributed by atoms with van der Waals surface area (Å²) < 4.78 is 0. The Morgan fingerprint density at radius 1 is 1.57 bits per heavy atom. The average molecular weight is 195 g/mol. The molecule has 0 aliphatic rings. The third kappa shape index (κ3) is 2.18. The summed E-state index contributed by atoms with van der Waals surface area (Å²) in [7, 11) is 1.82. The van der Waals surface area contributed by atoms with Gasteiger partial charge in [-0.1, -0.05) is 0 Å². The molecule has 0 saturated carbocycles. The van der Waals surface area contributed by atoms with Crippen molar-refractivity contribution >= 4 is 11.9 Å². The molecule has 0 aliphatic heterocycles. The van der Waals surface area contributed by atoms with Crippen LogP contribution in [-0.2, 0) is 0 Å². The van der Waals surface area contributed by atoms with Gasteiger partial charge in [0.15, 0.2) is 5.69 Å². The molecular weight excluding hydrogens is 182 g/mol. The van der Waals surface area contributed by atoms with Crippen LogP contribution < -0.4 is 4.90 Å². The standard InChI is InChI=1S/C9H13N3O2/c1-4-12(3)9-10-6(2)5-7(11-9)8(13)14/h5H,4H2,1-3H3,(H,13,14). The number of carboxylic acids is 1. The minimum absolute atomic E-state index is 0.0350. The lowest BCUT2D eigenvalue weighted by Gasteiger charge is -2.14. The van der Waals surface area contributed by atoms with Crippen molar-refractivity contribution in [2.45, 2.75) is 13.8 Å². The first-order valence-corrected chi connectivity index (χ1v) is 4.34. The molecule has 1 aromatic rings. The van der Waals surface area contributed by atoms with Crippen molar-refractivity contribution in [2.24, 2.45) is 0 Å². The number of aromatic carboxylic acids is 1. The third-order valence-electron chi connectivity index (χ3n) is 1.88. The van der Waals surface area contributed by atoms with Crippen LogP contribution in [0.2, 0.25) is 0 Å². The van der Waals surface area contributed by atoms with Gasteiger partial charge in [0.1, 0.15) is 0 Å². The van der Waals surface area contributed by atoms with E-state index in [0.717, 1.165) is 6.54 Å². The van der Waals surface area contributed by atoms with Crippen LogP contribution in [0.3, 0.4) is 0 Å². The van der Waals surface area contributed by atoms with E-state index in [-0.39, 0.29) is 5.69 Å². The monoisotopic (exact) mass is 195 g/mol. The van der Waals surface area contributed by atoms with E-state index >= 15 is 0 Å². The molecule has 0 atom stereocenters. The normalized spacial score (nSPS) is 9.93. The molecule has 0 radical (unpaired) electrons. The van der Waals surface area contributed by atoms with Crippen LogP contribution in [-0.4, -0.2) is 34.6 Å². The first-order valence-electron chi connectivity index (χ1n) is 4.34. The topological polar surface area (TPSA) is 66.3 Å². The van der Waals surface area contributed by atoms with E-state index in [0.29, 0.717) is 11.6 Å². The summed E-state index contributed by atoms with van der Waals surface area (Å²) in [6.45, 7) is 4.44. The SMILES string of the molecule is CCN(C)c1nc(C)cc(C(=O)O)n1. The second kappa shape index (κ2) is 4.04. The maximum Gasteiger partial charge on any atom is 0.354 e. The van der Waals surface area contributed by atoms with E-state index in [1.807, 2.05) is 14.0 Å². The summed E-state index contributed by atoms with van der Waals surface area (Å²) in [6, 6.07) is 1.45. The zero-order valence-electron chi connectivity index (χ0n) is 8.48. The fraction of sp³-hybridized carbons (Fsp3) is 0.444. The van der Waals surface area contributed by atoms with Crippen molar-refractivity contribution in [2.75, 3.05) is 18.5 Å². The smallest absolute Gasteiger partial charge is 0.354 e. The van der Waals surface area contributed by atoms with Gasteiger partial charge in [-0.05, 0) is 19.9 Å². The molecule has 0 amide bonds. The Morgan fingerprint density at radius 3 is 2.71 bits per heavy atom. The van der Waals surface area contributed by atoms with Crippen LogP contribution in [0.5, 0.6) is 0 Å². The highest BCUT2D eigenvalue weighted by molar-refractivity contribution is 5.85. The van der Waals surface area contributed by atoms with Crippen LogP contribution in [0.1, 0.15) is 23.1 Å². The Bertz CT molecular complexity index is 352. The number of aromatic nitrogens is 2. The summed E-state index contributed by atoms with van der Waals surface area (Å²) >= 11 is 0. The Kier molecular flexibility index (Phi) is 3.01. The Hall–Kier alpha value is -1.65. The predicted octanol–water partition coefficient (Wildman–Crippen LogP) is 0.939. The Labute approximate surface area is 82.4 Å². The fourth-order valence-corrected chi connectivity index (χ4v) is 0.975. The molecule has 0 saturated heterocycles. The molecule has 0 aromatic carbocycles.